The van der Waals surface area contributed by atoms with E-state index >= 15 is 0 Å². The monoisotopic (exact) mass is 352 g/mol. The van der Waals surface area contributed by atoms with Crippen molar-refractivity contribution in [3.05, 3.63) is 62.4 Å². The van der Waals surface area contributed by atoms with Gasteiger partial charge in [-0.1, -0.05) is 18.2 Å². The third kappa shape index (κ3) is 2.83. The molecule has 9 heteroatoms. The average Bonchev–Trinajstić information content (AvgIpc) is 2.57. The third-order valence-electron chi connectivity index (χ3n) is 4.58. The van der Waals surface area contributed by atoms with Crippen molar-refractivity contribution >= 4 is 22.6 Å². The summed E-state index contributed by atoms with van der Waals surface area (Å²) in [5.41, 5.74) is 5.75. The van der Waals surface area contributed by atoms with Crippen LogP contribution in [0.25, 0.3) is 10.8 Å². The van der Waals surface area contributed by atoms with Gasteiger partial charge in [0.2, 0.25) is 5.95 Å². The van der Waals surface area contributed by atoms with E-state index in [0.29, 0.717) is 29.3 Å². The Balaban J connectivity index is 1.48. The minimum absolute atomic E-state index is 0.0534. The first-order valence-corrected chi connectivity index (χ1v) is 8.16. The summed E-state index contributed by atoms with van der Waals surface area (Å²) in [5, 5.41) is 10.1. The van der Waals surface area contributed by atoms with Crippen molar-refractivity contribution < 1.29 is 4.79 Å². The van der Waals surface area contributed by atoms with Gasteiger partial charge in [0, 0.05) is 23.4 Å². The molecular weight excluding hydrogens is 336 g/mol. The number of rotatable bonds is 3. The van der Waals surface area contributed by atoms with Crippen LogP contribution in [0.15, 0.2) is 39.9 Å². The molecule has 0 aliphatic heterocycles. The molecule has 132 valence electrons. The van der Waals surface area contributed by atoms with Gasteiger partial charge in [0.05, 0.1) is 11.1 Å². The number of anilines is 1. The number of hydrogen-bond donors (Lipinski definition) is 4. The van der Waals surface area contributed by atoms with E-state index in [-0.39, 0.29) is 40.6 Å². The molecular formula is C17H16N6O3. The molecule has 26 heavy (non-hydrogen) atoms. The maximum absolute atomic E-state index is 12.5. The molecule has 0 spiro atoms. The van der Waals surface area contributed by atoms with E-state index in [2.05, 4.69) is 25.5 Å². The van der Waals surface area contributed by atoms with E-state index in [9.17, 15) is 14.4 Å². The standard InChI is InChI=1S/C17H16N6O3/c18-17-20-12(7-13(24)21-17)8-5-9(6-8)19-16(26)14-10-3-1-2-4-11(10)15(25)23-22-14/h1-4,7-9H,5-6H2,(H,19,26)(H,23,25)(H3,18,20,21,24). The second-order valence-electron chi connectivity index (χ2n) is 6.34. The first kappa shape index (κ1) is 16.0. The topological polar surface area (TPSA) is 147 Å². The molecule has 0 unspecified atom stereocenters. The van der Waals surface area contributed by atoms with E-state index in [1.807, 2.05) is 0 Å². The van der Waals surface area contributed by atoms with Crippen LogP contribution in [0.5, 0.6) is 0 Å². The van der Waals surface area contributed by atoms with Gasteiger partial charge in [-0.3, -0.25) is 19.4 Å². The summed E-state index contributed by atoms with van der Waals surface area (Å²) in [6, 6.07) is 8.20. The van der Waals surface area contributed by atoms with Crippen molar-refractivity contribution in [1.29, 1.82) is 0 Å². The molecule has 1 amide bonds. The lowest BCUT2D eigenvalue weighted by molar-refractivity contribution is 0.0904. The van der Waals surface area contributed by atoms with E-state index in [1.165, 1.54) is 6.07 Å². The van der Waals surface area contributed by atoms with Gasteiger partial charge in [0.15, 0.2) is 5.69 Å². The van der Waals surface area contributed by atoms with Gasteiger partial charge < -0.3 is 11.1 Å². The number of amides is 1. The zero-order valence-corrected chi connectivity index (χ0v) is 13.7. The number of aromatic amines is 2. The largest absolute Gasteiger partial charge is 0.369 e. The van der Waals surface area contributed by atoms with E-state index in [0.717, 1.165) is 0 Å². The third-order valence-corrected chi connectivity index (χ3v) is 4.58. The SMILES string of the molecule is Nc1nc(C2CC(NC(=O)c3n[nH]c(=O)c4ccccc34)C2)cc(=O)[nH]1. The Morgan fingerprint density at radius 2 is 1.92 bits per heavy atom. The highest BCUT2D eigenvalue weighted by atomic mass is 16.2. The van der Waals surface area contributed by atoms with Crippen molar-refractivity contribution in [3.8, 4) is 0 Å². The Bertz CT molecular complexity index is 1110. The second kappa shape index (κ2) is 6.10. The number of nitrogens with two attached hydrogens (primary N) is 1. The quantitative estimate of drug-likeness (QED) is 0.532. The summed E-state index contributed by atoms with van der Waals surface area (Å²) in [4.78, 5) is 42.4. The fourth-order valence-corrected chi connectivity index (χ4v) is 3.22. The summed E-state index contributed by atoms with van der Waals surface area (Å²) < 4.78 is 0. The number of benzene rings is 1. The number of carbonyl (C=O) groups excluding carboxylic acids is 1. The predicted octanol–water partition coefficient (Wildman–Crippen LogP) is 0.265. The van der Waals surface area contributed by atoms with Crippen LogP contribution in [-0.4, -0.2) is 32.1 Å². The number of nitrogens with zero attached hydrogens (tertiary/aromatic N) is 2. The molecule has 1 fully saturated rings. The highest BCUT2D eigenvalue weighted by Crippen LogP contribution is 2.35. The number of carbonyl (C=O) groups is 1. The number of nitrogens with one attached hydrogen (secondary N) is 3. The van der Waals surface area contributed by atoms with Gasteiger partial charge in [-0.15, -0.1) is 0 Å². The molecule has 0 radical (unpaired) electrons. The maximum atomic E-state index is 12.5. The van der Waals surface area contributed by atoms with E-state index in [4.69, 9.17) is 5.73 Å². The summed E-state index contributed by atoms with van der Waals surface area (Å²) in [6.45, 7) is 0. The van der Waals surface area contributed by atoms with E-state index < -0.39 is 0 Å². The molecule has 0 bridgehead atoms. The molecule has 4 rings (SSSR count). The summed E-state index contributed by atoms with van der Waals surface area (Å²) >= 11 is 0. The minimum atomic E-state index is -0.348. The maximum Gasteiger partial charge on any atom is 0.272 e. The molecule has 1 aromatic carbocycles. The van der Waals surface area contributed by atoms with Crippen LogP contribution in [0.4, 0.5) is 5.95 Å². The van der Waals surface area contributed by atoms with Crippen molar-refractivity contribution in [2.45, 2.75) is 24.8 Å². The lowest BCUT2D eigenvalue weighted by Gasteiger charge is -2.35. The smallest absolute Gasteiger partial charge is 0.272 e. The van der Waals surface area contributed by atoms with Crippen LogP contribution < -0.4 is 22.2 Å². The molecule has 9 nitrogen and oxygen atoms in total. The molecule has 0 atom stereocenters. The molecule has 2 aromatic heterocycles. The van der Waals surface area contributed by atoms with Gasteiger partial charge >= 0.3 is 0 Å². The fraction of sp³-hybridized carbons (Fsp3) is 0.235. The van der Waals surface area contributed by atoms with Crippen molar-refractivity contribution in [3.63, 3.8) is 0 Å². The van der Waals surface area contributed by atoms with Gasteiger partial charge in [0.25, 0.3) is 17.0 Å². The first-order chi connectivity index (χ1) is 12.5. The number of H-pyrrole nitrogens is 2. The summed E-state index contributed by atoms with van der Waals surface area (Å²) in [7, 11) is 0. The average molecular weight is 352 g/mol. The lowest BCUT2D eigenvalue weighted by atomic mass is 9.78. The second-order valence-corrected chi connectivity index (χ2v) is 6.34. The lowest BCUT2D eigenvalue weighted by Crippen LogP contribution is -2.44. The molecule has 5 N–H and O–H groups in total. The Labute approximate surface area is 146 Å². The van der Waals surface area contributed by atoms with Gasteiger partial charge in [-0.05, 0) is 18.9 Å². The normalized spacial score (nSPS) is 19.1. The van der Waals surface area contributed by atoms with Crippen LogP contribution in [0.1, 0.15) is 34.9 Å². The highest BCUT2D eigenvalue weighted by Gasteiger charge is 2.33. The highest BCUT2D eigenvalue weighted by molar-refractivity contribution is 6.04. The molecule has 2 heterocycles. The van der Waals surface area contributed by atoms with Crippen molar-refractivity contribution in [2.75, 3.05) is 5.73 Å². The summed E-state index contributed by atoms with van der Waals surface area (Å²) in [5.74, 6) is -0.187. The summed E-state index contributed by atoms with van der Waals surface area (Å²) in [6.07, 6.45) is 1.31. The van der Waals surface area contributed by atoms with E-state index in [1.54, 1.807) is 24.3 Å². The van der Waals surface area contributed by atoms with Crippen LogP contribution in [0, 0.1) is 0 Å². The number of hydrogen-bond acceptors (Lipinski definition) is 6. The van der Waals surface area contributed by atoms with Gasteiger partial charge in [-0.25, -0.2) is 10.1 Å². The first-order valence-electron chi connectivity index (χ1n) is 8.16. The molecule has 3 aromatic rings. The predicted molar refractivity (Wildman–Crippen MR) is 94.9 cm³/mol. The Morgan fingerprint density at radius 1 is 1.19 bits per heavy atom. The minimum Gasteiger partial charge on any atom is -0.369 e. The van der Waals surface area contributed by atoms with Crippen molar-refractivity contribution in [2.24, 2.45) is 0 Å². The Morgan fingerprint density at radius 3 is 2.65 bits per heavy atom. The Hall–Kier alpha value is -3.49. The number of nitrogen functional groups attached to an aromatic ring is 1. The van der Waals surface area contributed by atoms with Crippen molar-refractivity contribution in [1.82, 2.24) is 25.5 Å². The molecule has 1 saturated carbocycles. The molecule has 0 saturated heterocycles. The number of aromatic nitrogens is 4. The molecule has 1 aliphatic carbocycles. The Kier molecular flexibility index (Phi) is 3.76. The van der Waals surface area contributed by atoms with Crippen LogP contribution >= 0.6 is 0 Å². The van der Waals surface area contributed by atoms with Crippen LogP contribution in [0.2, 0.25) is 0 Å². The van der Waals surface area contributed by atoms with Crippen LogP contribution in [-0.2, 0) is 0 Å². The van der Waals surface area contributed by atoms with Gasteiger partial charge in [-0.2, -0.15) is 5.10 Å². The number of fused-ring (bicyclic) bond motifs is 1. The zero-order chi connectivity index (χ0) is 18.3. The zero-order valence-electron chi connectivity index (χ0n) is 13.7. The molecule has 1 aliphatic rings. The van der Waals surface area contributed by atoms with Gasteiger partial charge in [0.1, 0.15) is 0 Å². The van der Waals surface area contributed by atoms with Crippen LogP contribution in [0.3, 0.4) is 0 Å². The fourth-order valence-electron chi connectivity index (χ4n) is 3.22.